The Labute approximate surface area is 185 Å². The van der Waals surface area contributed by atoms with Gasteiger partial charge >= 0.3 is 0 Å². The minimum Gasteiger partial charge on any atom is -0.497 e. The van der Waals surface area contributed by atoms with Crippen LogP contribution < -0.4 is 10.1 Å². The summed E-state index contributed by atoms with van der Waals surface area (Å²) in [4.78, 5) is 24.3. The summed E-state index contributed by atoms with van der Waals surface area (Å²) in [6, 6.07) is 19.0. The van der Waals surface area contributed by atoms with Gasteiger partial charge in [-0.25, -0.2) is 9.97 Å². The number of imidazole rings is 1. The molecule has 4 aromatic rings. The lowest BCUT2D eigenvalue weighted by Crippen LogP contribution is -2.23. The number of carbonyl (C=O) groups excluding carboxylic acids is 1. The molecule has 0 fully saturated rings. The number of pyridine rings is 1. The largest absolute Gasteiger partial charge is 0.497 e. The fourth-order valence-corrected chi connectivity index (χ4v) is 3.46. The van der Waals surface area contributed by atoms with E-state index in [0.717, 1.165) is 34.0 Å². The molecule has 2 aromatic carbocycles. The van der Waals surface area contributed by atoms with Crippen LogP contribution in [0.25, 0.3) is 22.6 Å². The van der Waals surface area contributed by atoms with Gasteiger partial charge in [-0.05, 0) is 54.4 Å². The predicted molar refractivity (Wildman–Crippen MR) is 121 cm³/mol. The number of carbonyl (C=O) groups is 1. The number of amides is 1. The molecule has 0 aliphatic carbocycles. The minimum atomic E-state index is -0.188. The lowest BCUT2D eigenvalue weighted by atomic mass is 10.1. The molecule has 4 rings (SSSR count). The average molecular weight is 433 g/mol. The number of hydrogen-bond acceptors (Lipinski definition) is 4. The van der Waals surface area contributed by atoms with Crippen molar-refractivity contribution in [2.45, 2.75) is 13.5 Å². The number of methoxy groups -OCH3 is 1. The molecule has 2 N–H and O–H groups in total. The van der Waals surface area contributed by atoms with Gasteiger partial charge in [-0.15, -0.1) is 0 Å². The lowest BCUT2D eigenvalue weighted by molar-refractivity contribution is 0.0950. The maximum absolute atomic E-state index is 12.4. The average Bonchev–Trinajstić information content (AvgIpc) is 3.27. The van der Waals surface area contributed by atoms with Crippen molar-refractivity contribution in [1.29, 1.82) is 0 Å². The van der Waals surface area contributed by atoms with Gasteiger partial charge in [0.25, 0.3) is 5.91 Å². The first kappa shape index (κ1) is 20.6. The number of rotatable bonds is 6. The molecule has 0 saturated carbocycles. The first-order chi connectivity index (χ1) is 15.0. The number of H-pyrrole nitrogens is 1. The second kappa shape index (κ2) is 9.02. The van der Waals surface area contributed by atoms with Crippen LogP contribution in [-0.2, 0) is 6.54 Å². The number of benzene rings is 2. The van der Waals surface area contributed by atoms with Gasteiger partial charge in [-0.2, -0.15) is 0 Å². The Balaban J connectivity index is 1.41. The van der Waals surface area contributed by atoms with Crippen molar-refractivity contribution >= 4 is 17.5 Å². The SMILES string of the molecule is COc1ccc(-c2cnc(-c3ccc(CNC(=O)c4cc(C)nc(Cl)c4)cc3)[nH]2)cc1. The third kappa shape index (κ3) is 4.92. The van der Waals surface area contributed by atoms with E-state index in [-0.39, 0.29) is 5.91 Å². The smallest absolute Gasteiger partial charge is 0.251 e. The highest BCUT2D eigenvalue weighted by atomic mass is 35.5. The highest BCUT2D eigenvalue weighted by Crippen LogP contribution is 2.24. The lowest BCUT2D eigenvalue weighted by Gasteiger charge is -2.07. The summed E-state index contributed by atoms with van der Waals surface area (Å²) >= 11 is 5.94. The van der Waals surface area contributed by atoms with E-state index in [1.54, 1.807) is 26.2 Å². The maximum atomic E-state index is 12.4. The molecule has 0 radical (unpaired) electrons. The zero-order chi connectivity index (χ0) is 21.8. The maximum Gasteiger partial charge on any atom is 0.251 e. The number of nitrogens with one attached hydrogen (secondary N) is 2. The third-order valence-electron chi connectivity index (χ3n) is 4.84. The first-order valence-electron chi connectivity index (χ1n) is 9.73. The Hall–Kier alpha value is -3.64. The second-order valence-corrected chi connectivity index (χ2v) is 7.46. The highest BCUT2D eigenvalue weighted by Gasteiger charge is 2.09. The summed E-state index contributed by atoms with van der Waals surface area (Å²) in [5, 5.41) is 3.21. The number of aromatic amines is 1. The summed E-state index contributed by atoms with van der Waals surface area (Å²) in [7, 11) is 1.65. The van der Waals surface area contributed by atoms with Crippen LogP contribution in [0.15, 0.2) is 66.9 Å². The van der Waals surface area contributed by atoms with E-state index >= 15 is 0 Å². The number of nitrogens with zero attached hydrogens (tertiary/aromatic N) is 2. The number of hydrogen-bond donors (Lipinski definition) is 2. The van der Waals surface area contributed by atoms with Crippen LogP contribution in [0, 0.1) is 6.92 Å². The molecule has 156 valence electrons. The van der Waals surface area contributed by atoms with Crippen molar-refractivity contribution in [3.8, 4) is 28.4 Å². The Morgan fingerprint density at radius 2 is 1.77 bits per heavy atom. The zero-order valence-corrected chi connectivity index (χ0v) is 17.9. The van der Waals surface area contributed by atoms with Gasteiger partial charge in [0, 0.05) is 23.4 Å². The third-order valence-corrected chi connectivity index (χ3v) is 5.04. The Morgan fingerprint density at radius 1 is 1.06 bits per heavy atom. The highest BCUT2D eigenvalue weighted by molar-refractivity contribution is 6.29. The van der Waals surface area contributed by atoms with Gasteiger partial charge in [0.15, 0.2) is 0 Å². The zero-order valence-electron chi connectivity index (χ0n) is 17.1. The standard InChI is InChI=1S/C24H21ClN4O2/c1-15-11-19(12-22(25)28-15)24(30)27-13-16-3-5-18(6-4-16)23-26-14-21(29-23)17-7-9-20(31-2)10-8-17/h3-12,14H,13H2,1-2H3,(H,26,29)(H,27,30). The van der Waals surface area contributed by atoms with Crippen molar-refractivity contribution in [2.75, 3.05) is 7.11 Å². The summed E-state index contributed by atoms with van der Waals surface area (Å²) in [6.07, 6.45) is 1.81. The van der Waals surface area contributed by atoms with Crippen molar-refractivity contribution in [1.82, 2.24) is 20.3 Å². The van der Waals surface area contributed by atoms with Crippen LogP contribution >= 0.6 is 11.6 Å². The van der Waals surface area contributed by atoms with E-state index in [1.165, 1.54) is 0 Å². The molecule has 0 atom stereocenters. The Bertz CT molecular complexity index is 1180. The number of halogens is 1. The van der Waals surface area contributed by atoms with Gasteiger partial charge in [0.2, 0.25) is 0 Å². The summed E-state index contributed by atoms with van der Waals surface area (Å²) < 4.78 is 5.20. The summed E-state index contributed by atoms with van der Waals surface area (Å²) in [6.45, 7) is 2.21. The number of aryl methyl sites for hydroxylation is 1. The van der Waals surface area contributed by atoms with E-state index in [2.05, 4.69) is 20.3 Å². The molecule has 0 spiro atoms. The Morgan fingerprint density at radius 3 is 2.45 bits per heavy atom. The number of aromatic nitrogens is 3. The first-order valence-corrected chi connectivity index (χ1v) is 10.1. The molecule has 7 heteroatoms. The molecule has 2 heterocycles. The van der Waals surface area contributed by atoms with Crippen molar-refractivity contribution in [3.05, 3.63) is 88.8 Å². The van der Waals surface area contributed by atoms with E-state index in [9.17, 15) is 4.79 Å². The summed E-state index contributed by atoms with van der Waals surface area (Å²) in [5.74, 6) is 1.41. The molecule has 0 aliphatic heterocycles. The predicted octanol–water partition coefficient (Wildman–Crippen LogP) is 5.04. The van der Waals surface area contributed by atoms with E-state index in [0.29, 0.717) is 23.0 Å². The molecular weight excluding hydrogens is 412 g/mol. The molecule has 2 aromatic heterocycles. The molecular formula is C24H21ClN4O2. The quantitative estimate of drug-likeness (QED) is 0.418. The molecule has 6 nitrogen and oxygen atoms in total. The van der Waals surface area contributed by atoms with Gasteiger partial charge < -0.3 is 15.0 Å². The normalized spacial score (nSPS) is 10.7. The molecule has 0 unspecified atom stereocenters. The van der Waals surface area contributed by atoms with Gasteiger partial charge in [-0.3, -0.25) is 4.79 Å². The topological polar surface area (TPSA) is 79.9 Å². The summed E-state index contributed by atoms with van der Waals surface area (Å²) in [5.41, 5.74) is 5.11. The van der Waals surface area contributed by atoms with Crippen LogP contribution in [0.2, 0.25) is 5.15 Å². The van der Waals surface area contributed by atoms with Gasteiger partial charge in [0.05, 0.1) is 19.0 Å². The second-order valence-electron chi connectivity index (χ2n) is 7.07. The minimum absolute atomic E-state index is 0.188. The Kier molecular flexibility index (Phi) is 6.00. The van der Waals surface area contributed by atoms with Crippen LogP contribution in [0.4, 0.5) is 0 Å². The van der Waals surface area contributed by atoms with E-state index in [4.69, 9.17) is 16.3 Å². The molecule has 31 heavy (non-hydrogen) atoms. The molecule has 0 bridgehead atoms. The number of ether oxygens (including phenoxy) is 1. The molecule has 1 amide bonds. The van der Waals surface area contributed by atoms with Gasteiger partial charge in [0.1, 0.15) is 16.7 Å². The van der Waals surface area contributed by atoms with Crippen LogP contribution in [-0.4, -0.2) is 28.0 Å². The monoisotopic (exact) mass is 432 g/mol. The van der Waals surface area contributed by atoms with Crippen molar-refractivity contribution < 1.29 is 9.53 Å². The fourth-order valence-electron chi connectivity index (χ4n) is 3.21. The van der Waals surface area contributed by atoms with E-state index < -0.39 is 0 Å². The fraction of sp³-hybridized carbons (Fsp3) is 0.125. The molecule has 0 aliphatic rings. The van der Waals surface area contributed by atoms with Crippen molar-refractivity contribution in [3.63, 3.8) is 0 Å². The van der Waals surface area contributed by atoms with Crippen LogP contribution in [0.1, 0.15) is 21.6 Å². The van der Waals surface area contributed by atoms with Gasteiger partial charge in [-0.1, -0.05) is 35.9 Å². The van der Waals surface area contributed by atoms with Crippen LogP contribution in [0.3, 0.4) is 0 Å². The molecule has 0 saturated heterocycles. The van der Waals surface area contributed by atoms with Crippen molar-refractivity contribution in [2.24, 2.45) is 0 Å². The van der Waals surface area contributed by atoms with E-state index in [1.807, 2.05) is 54.7 Å². The van der Waals surface area contributed by atoms with Crippen LogP contribution in [0.5, 0.6) is 5.75 Å².